The third-order valence-electron chi connectivity index (χ3n) is 8.27. The van der Waals surface area contributed by atoms with E-state index in [1.165, 1.54) is 6.20 Å². The molecule has 0 radical (unpaired) electrons. The lowest BCUT2D eigenvalue weighted by atomic mass is 9.92. The summed E-state index contributed by atoms with van der Waals surface area (Å²) in [6.07, 6.45) is 7.46. The van der Waals surface area contributed by atoms with Crippen molar-refractivity contribution in [3.05, 3.63) is 35.3 Å². The molecule has 1 aromatic rings. The van der Waals surface area contributed by atoms with Gasteiger partial charge in [0.1, 0.15) is 0 Å². The van der Waals surface area contributed by atoms with Gasteiger partial charge in [0.25, 0.3) is 5.91 Å². The van der Waals surface area contributed by atoms with Gasteiger partial charge in [-0.1, -0.05) is 0 Å². The number of hydrogen-bond donors (Lipinski definition) is 4. The number of fused-ring (bicyclic) bond motifs is 1. The van der Waals surface area contributed by atoms with Crippen molar-refractivity contribution in [3.63, 3.8) is 0 Å². The molecule has 1 aliphatic carbocycles. The summed E-state index contributed by atoms with van der Waals surface area (Å²) < 4.78 is 11.6. The molecule has 38 heavy (non-hydrogen) atoms. The number of amides is 3. The summed E-state index contributed by atoms with van der Waals surface area (Å²) in [5, 5.41) is 2.85. The van der Waals surface area contributed by atoms with Gasteiger partial charge in [0.05, 0.1) is 13.2 Å². The summed E-state index contributed by atoms with van der Waals surface area (Å²) in [4.78, 5) is 34.8. The Morgan fingerprint density at radius 2 is 1.76 bits per heavy atom. The standard InChI is InChI=1S/C27H41N7O4/c28-23(14-31-29)13-30-27(36)34-15-20-3-7-33(8-4-21(20)16-34)26(35)22-11-24(19-1-2-19)32-25(12-22)38-17-18-5-9-37-10-6-18/h11-12,14,18-21,31H,1-10,13,15-17,28-29H2,(H,30,36)/b23-14-. The number of aromatic nitrogens is 1. The smallest absolute Gasteiger partial charge is 0.317 e. The number of pyridine rings is 1. The van der Waals surface area contributed by atoms with E-state index in [0.717, 1.165) is 57.4 Å². The minimum Gasteiger partial charge on any atom is -0.477 e. The van der Waals surface area contributed by atoms with Crippen molar-refractivity contribution < 1.29 is 19.1 Å². The summed E-state index contributed by atoms with van der Waals surface area (Å²) in [6, 6.07) is 3.68. The van der Waals surface area contributed by atoms with Crippen molar-refractivity contribution in [2.75, 3.05) is 52.5 Å². The van der Waals surface area contributed by atoms with E-state index in [2.05, 4.69) is 10.7 Å². The van der Waals surface area contributed by atoms with Gasteiger partial charge in [0.2, 0.25) is 5.88 Å². The Hall–Kier alpha value is -3.05. The molecule has 11 nitrogen and oxygen atoms in total. The lowest BCUT2D eigenvalue weighted by Gasteiger charge is -2.24. The lowest BCUT2D eigenvalue weighted by Crippen LogP contribution is -2.41. The first-order valence-corrected chi connectivity index (χ1v) is 14.0. The van der Waals surface area contributed by atoms with Crippen LogP contribution in [0.2, 0.25) is 0 Å². The van der Waals surface area contributed by atoms with E-state index in [-0.39, 0.29) is 18.5 Å². The zero-order valence-electron chi connectivity index (χ0n) is 22.1. The van der Waals surface area contributed by atoms with Gasteiger partial charge in [0, 0.05) is 74.5 Å². The summed E-state index contributed by atoms with van der Waals surface area (Å²) in [6.45, 7) is 5.19. The van der Waals surface area contributed by atoms with Crippen LogP contribution in [0.25, 0.3) is 0 Å². The van der Waals surface area contributed by atoms with E-state index in [1.54, 1.807) is 0 Å². The van der Waals surface area contributed by atoms with Crippen LogP contribution >= 0.6 is 0 Å². The molecule has 6 N–H and O–H groups in total. The van der Waals surface area contributed by atoms with Gasteiger partial charge in [-0.15, -0.1) is 0 Å². The molecule has 0 bridgehead atoms. The SMILES string of the molecule is NN/C=C(\N)CNC(=O)N1CC2CCN(C(=O)c3cc(OCC4CCOCC4)nc(C4CC4)c3)CCC2C1. The molecule has 208 valence electrons. The first kappa shape index (κ1) is 26.6. The zero-order chi connectivity index (χ0) is 26.5. The van der Waals surface area contributed by atoms with Crippen LogP contribution in [0.5, 0.6) is 5.88 Å². The number of hydrogen-bond acceptors (Lipinski definition) is 8. The maximum atomic E-state index is 13.6. The first-order valence-electron chi connectivity index (χ1n) is 14.0. The van der Waals surface area contributed by atoms with Crippen molar-refractivity contribution in [1.82, 2.24) is 25.5 Å². The van der Waals surface area contributed by atoms with E-state index < -0.39 is 0 Å². The second kappa shape index (κ2) is 12.2. The fourth-order valence-corrected chi connectivity index (χ4v) is 5.77. The average molecular weight is 528 g/mol. The van der Waals surface area contributed by atoms with E-state index in [9.17, 15) is 9.59 Å². The molecule has 3 saturated heterocycles. The fourth-order valence-electron chi connectivity index (χ4n) is 5.77. The number of nitrogens with two attached hydrogens (primary N) is 2. The van der Waals surface area contributed by atoms with Gasteiger partial charge in [-0.3, -0.25) is 10.6 Å². The third kappa shape index (κ3) is 6.68. The molecule has 4 aliphatic rings. The van der Waals surface area contributed by atoms with Crippen LogP contribution in [0.3, 0.4) is 0 Å². The number of ether oxygens (including phenoxy) is 2. The number of urea groups is 1. The average Bonchev–Trinajstić information content (AvgIpc) is 3.74. The highest BCUT2D eigenvalue weighted by Gasteiger charge is 2.38. The van der Waals surface area contributed by atoms with Crippen molar-refractivity contribution >= 4 is 11.9 Å². The molecule has 1 saturated carbocycles. The number of nitrogens with zero attached hydrogens (tertiary/aromatic N) is 3. The molecule has 4 fully saturated rings. The van der Waals surface area contributed by atoms with Crippen LogP contribution < -0.4 is 27.1 Å². The van der Waals surface area contributed by atoms with Crippen LogP contribution in [0.1, 0.15) is 60.5 Å². The van der Waals surface area contributed by atoms with Gasteiger partial charge in [-0.05, 0) is 62.3 Å². The second-order valence-corrected chi connectivity index (χ2v) is 11.1. The van der Waals surface area contributed by atoms with Crippen LogP contribution in [-0.4, -0.2) is 79.3 Å². The number of nitrogens with one attached hydrogen (secondary N) is 2. The van der Waals surface area contributed by atoms with Gasteiger partial charge in [-0.25, -0.2) is 9.78 Å². The number of likely N-dealkylation sites (tertiary alicyclic amines) is 2. The summed E-state index contributed by atoms with van der Waals surface area (Å²) >= 11 is 0. The van der Waals surface area contributed by atoms with Crippen molar-refractivity contribution in [2.24, 2.45) is 29.3 Å². The molecule has 5 rings (SSSR count). The summed E-state index contributed by atoms with van der Waals surface area (Å²) in [5.74, 6) is 7.51. The molecule has 3 amide bonds. The number of hydrazine groups is 1. The molecule has 3 aliphatic heterocycles. The van der Waals surface area contributed by atoms with Crippen molar-refractivity contribution in [1.29, 1.82) is 0 Å². The Kier molecular flexibility index (Phi) is 8.53. The summed E-state index contributed by atoms with van der Waals surface area (Å²) in [7, 11) is 0. The third-order valence-corrected chi connectivity index (χ3v) is 8.27. The Labute approximate surface area is 224 Å². The predicted octanol–water partition coefficient (Wildman–Crippen LogP) is 1.52. The minimum absolute atomic E-state index is 0.0514. The Morgan fingerprint density at radius 1 is 1.05 bits per heavy atom. The highest BCUT2D eigenvalue weighted by atomic mass is 16.5. The topological polar surface area (TPSA) is 148 Å². The van der Waals surface area contributed by atoms with Gasteiger partial charge < -0.3 is 35.7 Å². The Balaban J connectivity index is 1.17. The lowest BCUT2D eigenvalue weighted by molar-refractivity contribution is 0.0490. The highest BCUT2D eigenvalue weighted by molar-refractivity contribution is 5.94. The number of rotatable bonds is 8. The van der Waals surface area contributed by atoms with E-state index >= 15 is 0 Å². The molecule has 0 aromatic carbocycles. The van der Waals surface area contributed by atoms with Crippen molar-refractivity contribution in [2.45, 2.75) is 44.4 Å². The Bertz CT molecular complexity index is 1010. The molecule has 4 heterocycles. The molecular weight excluding hydrogens is 486 g/mol. The van der Waals surface area contributed by atoms with Gasteiger partial charge >= 0.3 is 6.03 Å². The van der Waals surface area contributed by atoms with E-state index in [1.807, 2.05) is 21.9 Å². The molecule has 2 unspecified atom stereocenters. The number of carbonyl (C=O) groups excluding carboxylic acids is 2. The van der Waals surface area contributed by atoms with Crippen LogP contribution in [0, 0.1) is 17.8 Å². The van der Waals surface area contributed by atoms with Crippen LogP contribution in [0.15, 0.2) is 24.0 Å². The molecule has 11 heteroatoms. The molecule has 0 spiro atoms. The Morgan fingerprint density at radius 3 is 2.42 bits per heavy atom. The zero-order valence-corrected chi connectivity index (χ0v) is 22.1. The van der Waals surface area contributed by atoms with E-state index in [4.69, 9.17) is 26.0 Å². The van der Waals surface area contributed by atoms with Crippen LogP contribution in [-0.2, 0) is 4.74 Å². The van der Waals surface area contributed by atoms with Gasteiger partial charge in [-0.2, -0.15) is 0 Å². The maximum absolute atomic E-state index is 13.6. The second-order valence-electron chi connectivity index (χ2n) is 11.1. The maximum Gasteiger partial charge on any atom is 0.317 e. The van der Waals surface area contributed by atoms with E-state index in [0.29, 0.717) is 73.6 Å². The van der Waals surface area contributed by atoms with Gasteiger partial charge in [0.15, 0.2) is 0 Å². The molecule has 1 aromatic heterocycles. The molecule has 2 atom stereocenters. The largest absolute Gasteiger partial charge is 0.477 e. The fraction of sp³-hybridized carbons (Fsp3) is 0.667. The highest BCUT2D eigenvalue weighted by Crippen LogP contribution is 2.40. The number of carbonyl (C=O) groups is 2. The first-order chi connectivity index (χ1) is 18.5. The predicted molar refractivity (Wildman–Crippen MR) is 142 cm³/mol. The normalized spacial score (nSPS) is 24.5. The quantitative estimate of drug-likeness (QED) is 0.294. The molecular formula is C27H41N7O4. The monoisotopic (exact) mass is 527 g/mol. The minimum atomic E-state index is -0.114. The van der Waals surface area contributed by atoms with Crippen LogP contribution in [0.4, 0.5) is 4.79 Å². The van der Waals surface area contributed by atoms with Crippen molar-refractivity contribution in [3.8, 4) is 5.88 Å². The summed E-state index contributed by atoms with van der Waals surface area (Å²) in [5.41, 5.74) is 10.3.